The summed E-state index contributed by atoms with van der Waals surface area (Å²) in [6.45, 7) is -2.56. The van der Waals surface area contributed by atoms with Crippen LogP contribution in [0.25, 0.3) is 0 Å². The zero-order chi connectivity index (χ0) is 17.6. The Hall–Kier alpha value is -2.49. The number of phenols is 1. The minimum atomic E-state index is -4.63. The minimum absolute atomic E-state index is 0.130. The third-order valence-electron chi connectivity index (χ3n) is 2.22. The molecule has 3 amide bonds. The molecule has 11 heteroatoms. The molecule has 0 bridgehead atoms. The molecule has 3 N–H and O–H groups in total. The molecule has 0 atom stereocenters. The Kier molecular flexibility index (Phi) is 6.19. The van der Waals surface area contributed by atoms with E-state index in [1.807, 2.05) is 0 Å². The zero-order valence-corrected chi connectivity index (χ0v) is 12.0. The van der Waals surface area contributed by atoms with E-state index < -0.39 is 43.0 Å². The van der Waals surface area contributed by atoms with Gasteiger partial charge in [-0.25, -0.2) is 9.59 Å². The summed E-state index contributed by atoms with van der Waals surface area (Å²) < 4.78 is 40.0. The van der Waals surface area contributed by atoms with Gasteiger partial charge in [0.1, 0.15) is 17.9 Å². The number of rotatable bonds is 4. The number of alkyl halides is 3. The second-order valence-electron chi connectivity index (χ2n) is 4.08. The molecule has 0 radical (unpaired) electrons. The van der Waals surface area contributed by atoms with Crippen molar-refractivity contribution in [1.29, 1.82) is 0 Å². The maximum absolute atomic E-state index is 11.8. The van der Waals surface area contributed by atoms with Crippen molar-refractivity contribution >= 4 is 29.5 Å². The quantitative estimate of drug-likeness (QED) is 0.712. The van der Waals surface area contributed by atoms with Gasteiger partial charge in [0, 0.05) is 5.02 Å². The molecule has 0 saturated carbocycles. The van der Waals surface area contributed by atoms with E-state index >= 15 is 0 Å². The molecule has 1 aromatic rings. The smallest absolute Gasteiger partial charge is 0.405 e. The van der Waals surface area contributed by atoms with E-state index in [1.54, 1.807) is 0 Å². The van der Waals surface area contributed by atoms with Gasteiger partial charge in [-0.05, 0) is 18.2 Å². The molecule has 0 saturated heterocycles. The molecule has 0 aliphatic rings. The topological polar surface area (TPSA) is 105 Å². The van der Waals surface area contributed by atoms with Crippen molar-refractivity contribution in [3.63, 3.8) is 0 Å². The largest absolute Gasteiger partial charge is 0.507 e. The first-order chi connectivity index (χ1) is 10.6. The molecular formula is C12H10ClF3N2O5. The van der Waals surface area contributed by atoms with Crippen LogP contribution in [-0.4, -0.2) is 42.3 Å². The molecule has 1 aromatic carbocycles. The number of carbonyl (C=O) groups is 3. The normalized spacial score (nSPS) is 10.8. The van der Waals surface area contributed by atoms with Crippen LogP contribution in [0.5, 0.6) is 5.75 Å². The van der Waals surface area contributed by atoms with Crippen LogP contribution in [0.2, 0.25) is 5.02 Å². The third-order valence-corrected chi connectivity index (χ3v) is 2.45. The van der Waals surface area contributed by atoms with Crippen LogP contribution in [0.4, 0.5) is 18.0 Å². The highest BCUT2D eigenvalue weighted by Gasteiger charge is 2.28. The first-order valence-electron chi connectivity index (χ1n) is 5.88. The SMILES string of the molecule is O=C(COC(=O)c1cc(Cl)ccc1O)NC(=O)NCC(F)(F)F. The minimum Gasteiger partial charge on any atom is -0.507 e. The monoisotopic (exact) mass is 354 g/mol. The first-order valence-corrected chi connectivity index (χ1v) is 6.26. The predicted molar refractivity (Wildman–Crippen MR) is 71.0 cm³/mol. The molecule has 0 aliphatic heterocycles. The Morgan fingerprint density at radius 3 is 2.52 bits per heavy atom. The number of urea groups is 1. The van der Waals surface area contributed by atoms with Gasteiger partial charge in [-0.15, -0.1) is 0 Å². The van der Waals surface area contributed by atoms with Crippen molar-refractivity contribution in [1.82, 2.24) is 10.6 Å². The Bertz CT molecular complexity index is 621. The molecule has 0 spiro atoms. The number of esters is 1. The number of hydrogen-bond donors (Lipinski definition) is 3. The van der Waals surface area contributed by atoms with Gasteiger partial charge in [-0.2, -0.15) is 13.2 Å². The second kappa shape index (κ2) is 7.68. The lowest BCUT2D eigenvalue weighted by Crippen LogP contribution is -2.44. The van der Waals surface area contributed by atoms with Crippen molar-refractivity contribution in [2.75, 3.05) is 13.2 Å². The number of imide groups is 1. The Balaban J connectivity index is 2.45. The van der Waals surface area contributed by atoms with Crippen LogP contribution < -0.4 is 10.6 Å². The van der Waals surface area contributed by atoms with Gasteiger partial charge < -0.3 is 15.2 Å². The molecule has 0 heterocycles. The van der Waals surface area contributed by atoms with Crippen molar-refractivity contribution in [2.24, 2.45) is 0 Å². The van der Waals surface area contributed by atoms with Gasteiger partial charge in [-0.3, -0.25) is 10.1 Å². The molecule has 23 heavy (non-hydrogen) atoms. The number of aromatic hydroxyl groups is 1. The number of benzene rings is 1. The van der Waals surface area contributed by atoms with E-state index in [4.69, 9.17) is 11.6 Å². The standard InChI is InChI=1S/C12H10ClF3N2O5/c13-6-1-2-8(19)7(3-6)10(21)23-4-9(20)18-11(22)17-5-12(14,15)16/h1-3,19H,4-5H2,(H2,17,18,20,22). The van der Waals surface area contributed by atoms with Crippen molar-refractivity contribution in [3.8, 4) is 5.75 Å². The summed E-state index contributed by atoms with van der Waals surface area (Å²) in [5, 5.41) is 12.5. The van der Waals surface area contributed by atoms with Gasteiger partial charge in [0.05, 0.1) is 0 Å². The second-order valence-corrected chi connectivity index (χ2v) is 4.52. The van der Waals surface area contributed by atoms with E-state index in [0.717, 1.165) is 12.1 Å². The summed E-state index contributed by atoms with van der Waals surface area (Å²) in [5.41, 5.74) is -0.313. The zero-order valence-electron chi connectivity index (χ0n) is 11.2. The molecule has 7 nitrogen and oxygen atoms in total. The number of amides is 3. The highest BCUT2D eigenvalue weighted by Crippen LogP contribution is 2.22. The number of phenolic OH excluding ortho intramolecular Hbond substituents is 1. The van der Waals surface area contributed by atoms with E-state index in [1.165, 1.54) is 16.7 Å². The van der Waals surface area contributed by atoms with Crippen LogP contribution in [0.1, 0.15) is 10.4 Å². The summed E-state index contributed by atoms with van der Waals surface area (Å²) in [4.78, 5) is 33.8. The lowest BCUT2D eigenvalue weighted by molar-refractivity contribution is -0.125. The van der Waals surface area contributed by atoms with E-state index in [2.05, 4.69) is 4.74 Å². The number of nitrogens with one attached hydrogen (secondary N) is 2. The fourth-order valence-electron chi connectivity index (χ4n) is 1.27. The summed E-state index contributed by atoms with van der Waals surface area (Å²) in [6, 6.07) is 2.14. The van der Waals surface area contributed by atoms with Gasteiger partial charge >= 0.3 is 18.2 Å². The van der Waals surface area contributed by atoms with Crippen LogP contribution in [0, 0.1) is 0 Å². The molecule has 126 valence electrons. The van der Waals surface area contributed by atoms with Gasteiger partial charge in [-0.1, -0.05) is 11.6 Å². The fraction of sp³-hybridized carbons (Fsp3) is 0.250. The lowest BCUT2D eigenvalue weighted by Gasteiger charge is -2.09. The predicted octanol–water partition coefficient (Wildman–Crippen LogP) is 1.59. The lowest BCUT2D eigenvalue weighted by atomic mass is 10.2. The average molecular weight is 355 g/mol. The highest BCUT2D eigenvalue weighted by atomic mass is 35.5. The summed E-state index contributed by atoms with van der Waals surface area (Å²) in [6.07, 6.45) is -4.63. The van der Waals surface area contributed by atoms with Crippen molar-refractivity contribution in [3.05, 3.63) is 28.8 Å². The molecule has 0 unspecified atom stereocenters. The molecule has 0 aliphatic carbocycles. The highest BCUT2D eigenvalue weighted by molar-refractivity contribution is 6.31. The Morgan fingerprint density at radius 2 is 1.91 bits per heavy atom. The molecule has 1 rings (SSSR count). The van der Waals surface area contributed by atoms with E-state index in [-0.39, 0.29) is 10.6 Å². The van der Waals surface area contributed by atoms with Crippen LogP contribution >= 0.6 is 11.6 Å². The van der Waals surface area contributed by atoms with Crippen molar-refractivity contribution in [2.45, 2.75) is 6.18 Å². The third kappa shape index (κ3) is 6.87. The molecule has 0 fully saturated rings. The van der Waals surface area contributed by atoms with Gasteiger partial charge in [0.2, 0.25) is 0 Å². The number of carbonyl (C=O) groups excluding carboxylic acids is 3. The summed E-state index contributed by atoms with van der Waals surface area (Å²) in [5.74, 6) is -2.70. The first kappa shape index (κ1) is 18.6. The molecular weight excluding hydrogens is 345 g/mol. The van der Waals surface area contributed by atoms with E-state index in [9.17, 15) is 32.7 Å². The molecule has 0 aromatic heterocycles. The van der Waals surface area contributed by atoms with Crippen LogP contribution in [0.3, 0.4) is 0 Å². The average Bonchev–Trinajstić information content (AvgIpc) is 2.44. The number of halogens is 4. The summed E-state index contributed by atoms with van der Waals surface area (Å²) >= 11 is 5.62. The maximum Gasteiger partial charge on any atom is 0.405 e. The van der Waals surface area contributed by atoms with Crippen molar-refractivity contribution < 1.29 is 37.4 Å². The summed E-state index contributed by atoms with van der Waals surface area (Å²) in [7, 11) is 0. The number of hydrogen-bond acceptors (Lipinski definition) is 5. The Labute approximate surface area is 132 Å². The maximum atomic E-state index is 11.8. The van der Waals surface area contributed by atoms with Crippen LogP contribution in [0.15, 0.2) is 18.2 Å². The van der Waals surface area contributed by atoms with Gasteiger partial charge in [0.15, 0.2) is 6.61 Å². The number of ether oxygens (including phenoxy) is 1. The van der Waals surface area contributed by atoms with E-state index in [0.29, 0.717) is 0 Å². The Morgan fingerprint density at radius 1 is 1.26 bits per heavy atom. The van der Waals surface area contributed by atoms with Crippen LogP contribution in [-0.2, 0) is 9.53 Å². The van der Waals surface area contributed by atoms with Gasteiger partial charge in [0.25, 0.3) is 5.91 Å². The fourth-order valence-corrected chi connectivity index (χ4v) is 1.44.